The number of hydrogen-bond donors (Lipinski definition) is 1. The predicted octanol–water partition coefficient (Wildman–Crippen LogP) is 5.86. The van der Waals surface area contributed by atoms with Gasteiger partial charge in [0.1, 0.15) is 11.5 Å². The van der Waals surface area contributed by atoms with Gasteiger partial charge in [0.25, 0.3) is 5.78 Å². The van der Waals surface area contributed by atoms with Crippen LogP contribution in [0.1, 0.15) is 33.9 Å². The predicted molar refractivity (Wildman–Crippen MR) is 138 cm³/mol. The quantitative estimate of drug-likeness (QED) is 0.223. The number of para-hydroxylation sites is 1. The van der Waals surface area contributed by atoms with Crippen LogP contribution in [-0.4, -0.2) is 28.9 Å². The number of carbonyl (C=O) groups is 2. The molecular weight excluding hydrogens is 460 g/mol. The number of methoxy groups -OCH3 is 1. The molecule has 1 saturated heterocycles. The van der Waals surface area contributed by atoms with E-state index in [0.29, 0.717) is 22.0 Å². The van der Waals surface area contributed by atoms with Crippen molar-refractivity contribution in [3.05, 3.63) is 94.1 Å². The molecule has 35 heavy (non-hydrogen) atoms. The van der Waals surface area contributed by atoms with Gasteiger partial charge in [-0.1, -0.05) is 53.3 Å². The Balaban J connectivity index is 1.76. The fourth-order valence-corrected chi connectivity index (χ4v) is 5.51. The summed E-state index contributed by atoms with van der Waals surface area (Å²) in [6.07, 6.45) is 0. The van der Waals surface area contributed by atoms with E-state index in [4.69, 9.17) is 9.72 Å². The van der Waals surface area contributed by atoms with E-state index in [2.05, 4.69) is 0 Å². The van der Waals surface area contributed by atoms with Crippen molar-refractivity contribution in [1.82, 2.24) is 4.98 Å². The number of aliphatic hydroxyl groups is 1. The molecule has 6 nitrogen and oxygen atoms in total. The third-order valence-electron chi connectivity index (χ3n) is 6.36. The van der Waals surface area contributed by atoms with E-state index in [9.17, 15) is 14.7 Å². The molecule has 1 unspecified atom stereocenters. The lowest BCUT2D eigenvalue weighted by Gasteiger charge is -2.23. The molecule has 1 atom stereocenters. The van der Waals surface area contributed by atoms with Gasteiger partial charge in [0.05, 0.1) is 34.5 Å². The van der Waals surface area contributed by atoms with E-state index < -0.39 is 17.7 Å². The van der Waals surface area contributed by atoms with Gasteiger partial charge < -0.3 is 9.84 Å². The van der Waals surface area contributed by atoms with Crippen molar-refractivity contribution in [2.75, 3.05) is 12.0 Å². The van der Waals surface area contributed by atoms with Gasteiger partial charge >= 0.3 is 5.91 Å². The number of hydrogen-bond acceptors (Lipinski definition) is 6. The smallest absolute Gasteiger partial charge is 0.301 e. The second kappa shape index (κ2) is 8.67. The number of Topliss-reactive ketones (excluding diaryl/α,β-unsaturated/α-hetero) is 1. The molecule has 1 aliphatic rings. The number of rotatable bonds is 4. The van der Waals surface area contributed by atoms with Crippen LogP contribution in [0.25, 0.3) is 16.0 Å². The van der Waals surface area contributed by atoms with Crippen LogP contribution in [-0.2, 0) is 9.59 Å². The SMILES string of the molecule is COc1ccccc1/C(O)=C1\C(=O)C(=O)N(c2nc3cc(C)c(C)cc3s2)C1c1cccc(C)c1. The summed E-state index contributed by atoms with van der Waals surface area (Å²) in [4.78, 5) is 33.0. The van der Waals surface area contributed by atoms with Crippen molar-refractivity contribution >= 4 is 44.1 Å². The summed E-state index contributed by atoms with van der Waals surface area (Å²) in [6.45, 7) is 5.99. The van der Waals surface area contributed by atoms with Gasteiger partial charge in [-0.15, -0.1) is 0 Å². The second-order valence-corrected chi connectivity index (χ2v) is 9.69. The van der Waals surface area contributed by atoms with Crippen LogP contribution in [0.15, 0.2) is 66.2 Å². The number of thiazole rings is 1. The first-order chi connectivity index (χ1) is 16.8. The van der Waals surface area contributed by atoms with E-state index in [1.54, 1.807) is 24.3 Å². The molecule has 176 valence electrons. The number of aromatic nitrogens is 1. The molecule has 7 heteroatoms. The van der Waals surface area contributed by atoms with Gasteiger partial charge in [0, 0.05) is 0 Å². The van der Waals surface area contributed by atoms with Gasteiger partial charge in [-0.2, -0.15) is 0 Å². The van der Waals surface area contributed by atoms with Crippen molar-refractivity contribution in [2.45, 2.75) is 26.8 Å². The van der Waals surface area contributed by atoms with Gasteiger partial charge in [-0.05, 0) is 61.7 Å². The van der Waals surface area contributed by atoms with Crippen LogP contribution in [0.5, 0.6) is 5.75 Å². The lowest BCUT2D eigenvalue weighted by molar-refractivity contribution is -0.132. The monoisotopic (exact) mass is 484 g/mol. The number of fused-ring (bicyclic) bond motifs is 1. The standard InChI is InChI=1S/C28H24N2O4S/c1-15-8-7-9-18(12-15)24-23(25(31)19-10-5-6-11-21(19)34-4)26(32)27(33)30(24)28-29-20-13-16(2)17(3)14-22(20)35-28/h5-14,24,31H,1-4H3/b25-23+. The maximum Gasteiger partial charge on any atom is 0.301 e. The number of carbonyl (C=O) groups excluding carboxylic acids is 2. The summed E-state index contributed by atoms with van der Waals surface area (Å²) in [5.41, 5.74) is 5.04. The molecule has 5 rings (SSSR count). The van der Waals surface area contributed by atoms with Crippen LogP contribution >= 0.6 is 11.3 Å². The number of ketones is 1. The number of aryl methyl sites for hydroxylation is 3. The van der Waals surface area contributed by atoms with Gasteiger partial charge in [0.15, 0.2) is 5.13 Å². The summed E-state index contributed by atoms with van der Waals surface area (Å²) in [7, 11) is 1.49. The van der Waals surface area contributed by atoms with Crippen LogP contribution in [0, 0.1) is 20.8 Å². The Hall–Kier alpha value is -3.97. The van der Waals surface area contributed by atoms with Gasteiger partial charge in [0.2, 0.25) is 0 Å². The fourth-order valence-electron chi connectivity index (χ4n) is 4.44. The van der Waals surface area contributed by atoms with Crippen molar-refractivity contribution in [1.29, 1.82) is 0 Å². The number of ether oxygens (including phenoxy) is 1. The zero-order valence-corrected chi connectivity index (χ0v) is 20.6. The minimum atomic E-state index is -0.831. The first-order valence-electron chi connectivity index (χ1n) is 11.2. The Bertz CT molecular complexity index is 1500. The average Bonchev–Trinajstić information content (AvgIpc) is 3.36. The largest absolute Gasteiger partial charge is 0.507 e. The molecule has 0 bridgehead atoms. The molecule has 0 saturated carbocycles. The molecule has 0 aliphatic carbocycles. The summed E-state index contributed by atoms with van der Waals surface area (Å²) in [5, 5.41) is 11.8. The zero-order chi connectivity index (χ0) is 24.9. The number of nitrogens with zero attached hydrogens (tertiary/aromatic N) is 2. The Morgan fingerprint density at radius 2 is 1.74 bits per heavy atom. The van der Waals surface area contributed by atoms with Crippen molar-refractivity contribution < 1.29 is 19.4 Å². The van der Waals surface area contributed by atoms with E-state index in [-0.39, 0.29) is 11.3 Å². The average molecular weight is 485 g/mol. The van der Waals surface area contributed by atoms with Gasteiger partial charge in [-0.25, -0.2) is 4.98 Å². The summed E-state index contributed by atoms with van der Waals surface area (Å²) in [5.74, 6) is -1.35. The molecule has 3 aromatic carbocycles. The molecule has 2 heterocycles. The zero-order valence-electron chi connectivity index (χ0n) is 19.8. The fraction of sp³-hybridized carbons (Fsp3) is 0.179. The molecule has 0 spiro atoms. The maximum atomic E-state index is 13.5. The highest BCUT2D eigenvalue weighted by Crippen LogP contribution is 2.45. The Labute approximate surface area is 207 Å². The van der Waals surface area contributed by atoms with Crippen molar-refractivity contribution in [3.63, 3.8) is 0 Å². The Kier molecular flexibility index (Phi) is 5.65. The normalized spacial score (nSPS) is 17.4. The second-order valence-electron chi connectivity index (χ2n) is 8.68. The van der Waals surface area contributed by atoms with Crippen LogP contribution in [0.2, 0.25) is 0 Å². The van der Waals surface area contributed by atoms with Gasteiger partial charge in [-0.3, -0.25) is 14.5 Å². The molecule has 1 N–H and O–H groups in total. The van der Waals surface area contributed by atoms with Crippen molar-refractivity contribution in [2.24, 2.45) is 0 Å². The molecule has 4 aromatic rings. The maximum absolute atomic E-state index is 13.5. The highest BCUT2D eigenvalue weighted by Gasteiger charge is 2.48. The first-order valence-corrected chi connectivity index (χ1v) is 12.0. The number of amides is 1. The minimum Gasteiger partial charge on any atom is -0.507 e. The van der Waals surface area contributed by atoms with Crippen LogP contribution in [0.4, 0.5) is 5.13 Å². The summed E-state index contributed by atoms with van der Waals surface area (Å²) >= 11 is 1.36. The van der Waals surface area contributed by atoms with Crippen LogP contribution in [0.3, 0.4) is 0 Å². The molecule has 1 fully saturated rings. The number of aliphatic hydroxyl groups excluding tert-OH is 1. The summed E-state index contributed by atoms with van der Waals surface area (Å²) < 4.78 is 6.34. The molecule has 1 aliphatic heterocycles. The summed E-state index contributed by atoms with van der Waals surface area (Å²) in [6, 6.07) is 17.7. The lowest BCUT2D eigenvalue weighted by atomic mass is 9.94. The van der Waals surface area contributed by atoms with Crippen molar-refractivity contribution in [3.8, 4) is 5.75 Å². The number of anilines is 1. The molecule has 1 aromatic heterocycles. The molecule has 0 radical (unpaired) electrons. The highest BCUT2D eigenvalue weighted by molar-refractivity contribution is 7.22. The van der Waals surface area contributed by atoms with E-state index in [0.717, 1.165) is 26.9 Å². The molecule has 1 amide bonds. The Morgan fingerprint density at radius 3 is 2.49 bits per heavy atom. The van der Waals surface area contributed by atoms with E-state index >= 15 is 0 Å². The van der Waals surface area contributed by atoms with E-state index in [1.165, 1.54) is 23.3 Å². The van der Waals surface area contributed by atoms with E-state index in [1.807, 2.05) is 57.2 Å². The lowest BCUT2D eigenvalue weighted by Crippen LogP contribution is -2.29. The third kappa shape index (κ3) is 3.78. The highest BCUT2D eigenvalue weighted by atomic mass is 32.1. The Morgan fingerprint density at radius 1 is 1.00 bits per heavy atom. The minimum absolute atomic E-state index is 0.0108. The third-order valence-corrected chi connectivity index (χ3v) is 7.38. The van der Waals surface area contributed by atoms with Crippen LogP contribution < -0.4 is 9.64 Å². The topological polar surface area (TPSA) is 79.7 Å². The molecular formula is C28H24N2O4S. The number of benzene rings is 3. The first kappa shape index (κ1) is 22.8.